The lowest BCUT2D eigenvalue weighted by Gasteiger charge is -2.57. The number of nitrogens with one attached hydrogen (secondary N) is 1. The molecule has 0 radical (unpaired) electrons. The summed E-state index contributed by atoms with van der Waals surface area (Å²) < 4.78 is 27.4. The van der Waals surface area contributed by atoms with Crippen LogP contribution < -0.4 is 5.32 Å². The van der Waals surface area contributed by atoms with E-state index in [9.17, 15) is 18.0 Å². The number of amides is 2. The Balaban J connectivity index is 1.23. The summed E-state index contributed by atoms with van der Waals surface area (Å²) >= 11 is 0. The standard InChI is InChI=1S/C22H29N5O4S/c1-2-19(28)25-21-23-13-18(14-24-21)32(30,31)27-5-3-26(4-6-27)20(29)22-10-15-7-16(11-22)9-17(8-15)12-22/h2,13-17H,1,3-12H2,(H,23,24,25,28). The highest BCUT2D eigenvalue weighted by Crippen LogP contribution is 2.60. The van der Waals surface area contributed by atoms with Crippen LogP contribution >= 0.6 is 0 Å². The Morgan fingerprint density at radius 3 is 2.03 bits per heavy atom. The number of nitrogens with zero attached hydrogens (tertiary/aromatic N) is 4. The van der Waals surface area contributed by atoms with Gasteiger partial charge in [-0.1, -0.05) is 6.58 Å². The number of carbonyl (C=O) groups excluding carboxylic acids is 2. The first-order valence-corrected chi connectivity index (χ1v) is 12.8. The van der Waals surface area contributed by atoms with Gasteiger partial charge in [0.25, 0.3) is 0 Å². The lowest BCUT2D eigenvalue weighted by molar-refractivity contribution is -0.158. The van der Waals surface area contributed by atoms with E-state index in [-0.39, 0.29) is 35.3 Å². The molecule has 5 fully saturated rings. The first-order chi connectivity index (χ1) is 15.3. The number of piperazine rings is 1. The fourth-order valence-corrected chi connectivity index (χ4v) is 7.98. The maximum Gasteiger partial charge on any atom is 0.250 e. The van der Waals surface area contributed by atoms with Crippen LogP contribution in [-0.2, 0) is 19.6 Å². The van der Waals surface area contributed by atoms with Gasteiger partial charge in [-0.15, -0.1) is 0 Å². The molecule has 5 aliphatic rings. The average Bonchev–Trinajstić information content (AvgIpc) is 2.78. The third-order valence-electron chi connectivity index (χ3n) is 7.70. The largest absolute Gasteiger partial charge is 0.340 e. The van der Waals surface area contributed by atoms with Gasteiger partial charge in [0, 0.05) is 26.2 Å². The molecule has 32 heavy (non-hydrogen) atoms. The summed E-state index contributed by atoms with van der Waals surface area (Å²) in [5.74, 6) is 1.89. The van der Waals surface area contributed by atoms with Crippen LogP contribution in [0.25, 0.3) is 0 Å². The summed E-state index contributed by atoms with van der Waals surface area (Å²) in [6.45, 7) is 4.69. The maximum absolute atomic E-state index is 13.5. The van der Waals surface area contributed by atoms with Crippen LogP contribution in [0.15, 0.2) is 29.9 Å². The molecule has 0 atom stereocenters. The topological polar surface area (TPSA) is 113 Å². The molecule has 1 aliphatic heterocycles. The first kappa shape index (κ1) is 21.5. The molecule has 2 amide bonds. The molecule has 10 heteroatoms. The smallest absolute Gasteiger partial charge is 0.250 e. The summed E-state index contributed by atoms with van der Waals surface area (Å²) in [4.78, 5) is 34.5. The number of hydrogen-bond acceptors (Lipinski definition) is 6. The van der Waals surface area contributed by atoms with Crippen molar-refractivity contribution in [3.05, 3.63) is 25.0 Å². The van der Waals surface area contributed by atoms with Gasteiger partial charge in [0.1, 0.15) is 4.90 Å². The van der Waals surface area contributed by atoms with E-state index in [1.54, 1.807) is 0 Å². The fraction of sp³-hybridized carbons (Fsp3) is 0.636. The molecule has 1 saturated heterocycles. The third kappa shape index (κ3) is 3.73. The van der Waals surface area contributed by atoms with Crippen LogP contribution in [0.2, 0.25) is 0 Å². The highest BCUT2D eigenvalue weighted by Gasteiger charge is 2.55. The zero-order chi connectivity index (χ0) is 22.5. The monoisotopic (exact) mass is 459 g/mol. The predicted molar refractivity (Wildman–Crippen MR) is 117 cm³/mol. The van der Waals surface area contributed by atoms with Crippen molar-refractivity contribution in [1.82, 2.24) is 19.2 Å². The Kier molecular flexibility index (Phi) is 5.32. The van der Waals surface area contributed by atoms with E-state index in [1.165, 1.54) is 36.0 Å². The van der Waals surface area contributed by atoms with Crippen molar-refractivity contribution in [3.63, 3.8) is 0 Å². The molecule has 2 heterocycles. The van der Waals surface area contributed by atoms with Gasteiger partial charge in [0.05, 0.1) is 17.8 Å². The number of hydrogen-bond donors (Lipinski definition) is 1. The zero-order valence-electron chi connectivity index (χ0n) is 18.1. The first-order valence-electron chi connectivity index (χ1n) is 11.3. The summed E-state index contributed by atoms with van der Waals surface area (Å²) in [6, 6.07) is 0. The third-order valence-corrected chi connectivity index (χ3v) is 9.56. The highest BCUT2D eigenvalue weighted by atomic mass is 32.2. The van der Waals surface area contributed by atoms with Crippen LogP contribution in [0.3, 0.4) is 0 Å². The minimum atomic E-state index is -3.77. The van der Waals surface area contributed by atoms with Gasteiger partial charge in [0.15, 0.2) is 0 Å². The van der Waals surface area contributed by atoms with E-state index in [2.05, 4.69) is 21.9 Å². The van der Waals surface area contributed by atoms with Crippen LogP contribution in [0.1, 0.15) is 38.5 Å². The van der Waals surface area contributed by atoms with Crippen molar-refractivity contribution in [2.45, 2.75) is 43.4 Å². The predicted octanol–water partition coefficient (Wildman–Crippen LogP) is 1.65. The molecule has 172 valence electrons. The van der Waals surface area contributed by atoms with Crippen molar-refractivity contribution in [2.75, 3.05) is 31.5 Å². The minimum absolute atomic E-state index is 0.0137. The van der Waals surface area contributed by atoms with Crippen molar-refractivity contribution in [2.24, 2.45) is 23.2 Å². The Morgan fingerprint density at radius 1 is 1.00 bits per heavy atom. The van der Waals surface area contributed by atoms with Gasteiger partial charge in [-0.05, 0) is 62.4 Å². The number of anilines is 1. The van der Waals surface area contributed by atoms with Crippen molar-refractivity contribution in [3.8, 4) is 0 Å². The second-order valence-electron chi connectivity index (χ2n) is 9.83. The molecule has 1 aromatic rings. The zero-order valence-corrected chi connectivity index (χ0v) is 18.9. The van der Waals surface area contributed by atoms with Crippen molar-refractivity contribution >= 4 is 27.8 Å². The Labute approximate surface area is 188 Å². The molecule has 4 bridgehead atoms. The lowest BCUT2D eigenvalue weighted by atomic mass is 9.49. The molecule has 4 aliphatic carbocycles. The van der Waals surface area contributed by atoms with Crippen LogP contribution in [-0.4, -0.2) is 65.6 Å². The number of aromatic nitrogens is 2. The second-order valence-corrected chi connectivity index (χ2v) is 11.8. The molecule has 1 N–H and O–H groups in total. The SMILES string of the molecule is C=CC(=O)Nc1ncc(S(=O)(=O)N2CCN(C(=O)C34CC5CC(CC(C5)C3)C4)CC2)cn1. The molecule has 0 aromatic carbocycles. The normalized spacial score (nSPS) is 32.0. The quantitative estimate of drug-likeness (QED) is 0.670. The fourth-order valence-electron chi connectivity index (χ4n) is 6.66. The number of rotatable bonds is 5. The van der Waals surface area contributed by atoms with Gasteiger partial charge < -0.3 is 4.90 Å². The van der Waals surface area contributed by atoms with Gasteiger partial charge >= 0.3 is 0 Å². The Hall–Kier alpha value is -2.33. The van der Waals surface area contributed by atoms with E-state index in [4.69, 9.17) is 0 Å². The molecule has 1 aromatic heterocycles. The van der Waals surface area contributed by atoms with Gasteiger partial charge in [-0.2, -0.15) is 4.31 Å². The summed E-state index contributed by atoms with van der Waals surface area (Å²) in [6.07, 6.45) is 10.4. The molecule has 6 rings (SSSR count). The highest BCUT2D eigenvalue weighted by molar-refractivity contribution is 7.89. The minimum Gasteiger partial charge on any atom is -0.340 e. The molecule has 4 saturated carbocycles. The Morgan fingerprint density at radius 2 is 1.53 bits per heavy atom. The van der Waals surface area contributed by atoms with Crippen molar-refractivity contribution in [1.29, 1.82) is 0 Å². The summed E-state index contributed by atoms with van der Waals surface area (Å²) in [5.41, 5.74) is -0.199. The van der Waals surface area contributed by atoms with Crippen molar-refractivity contribution < 1.29 is 18.0 Å². The summed E-state index contributed by atoms with van der Waals surface area (Å²) in [7, 11) is -3.77. The Bertz CT molecular complexity index is 996. The summed E-state index contributed by atoms with van der Waals surface area (Å²) in [5, 5.41) is 2.39. The molecular weight excluding hydrogens is 430 g/mol. The van der Waals surface area contributed by atoms with E-state index in [0.717, 1.165) is 25.3 Å². The van der Waals surface area contributed by atoms with E-state index >= 15 is 0 Å². The van der Waals surface area contributed by atoms with Gasteiger partial charge in [-0.3, -0.25) is 14.9 Å². The van der Waals surface area contributed by atoms with Gasteiger partial charge in [0.2, 0.25) is 27.8 Å². The molecule has 0 spiro atoms. The maximum atomic E-state index is 13.5. The molecule has 0 unspecified atom stereocenters. The number of sulfonamides is 1. The number of carbonyl (C=O) groups is 2. The van der Waals surface area contributed by atoms with E-state index in [1.807, 2.05) is 4.90 Å². The lowest BCUT2D eigenvalue weighted by Crippen LogP contribution is -2.58. The van der Waals surface area contributed by atoms with E-state index in [0.29, 0.717) is 30.8 Å². The average molecular weight is 460 g/mol. The van der Waals surface area contributed by atoms with Crippen LogP contribution in [0.5, 0.6) is 0 Å². The second kappa shape index (κ2) is 7.91. The van der Waals surface area contributed by atoms with Crippen LogP contribution in [0, 0.1) is 23.2 Å². The van der Waals surface area contributed by atoms with Crippen LogP contribution in [0.4, 0.5) is 5.95 Å². The molecule has 9 nitrogen and oxygen atoms in total. The van der Waals surface area contributed by atoms with Gasteiger partial charge in [-0.25, -0.2) is 18.4 Å². The van der Waals surface area contributed by atoms with E-state index < -0.39 is 15.9 Å². The molecular formula is C22H29N5O4S.